The molecule has 0 radical (unpaired) electrons. The molecule has 0 fully saturated rings. The minimum atomic E-state index is -1.18. The summed E-state index contributed by atoms with van der Waals surface area (Å²) in [7, 11) is -0.562. The Bertz CT molecular complexity index is 290. The van der Waals surface area contributed by atoms with E-state index in [4.69, 9.17) is 11.5 Å². The van der Waals surface area contributed by atoms with Crippen LogP contribution < -0.4 is 16.6 Å². The predicted octanol–water partition coefficient (Wildman–Crippen LogP) is 4.40. The van der Waals surface area contributed by atoms with Gasteiger partial charge in [-0.05, 0) is 45.1 Å². The van der Waals surface area contributed by atoms with Gasteiger partial charge in [0.15, 0.2) is 0 Å². The Kier molecular flexibility index (Phi) is 22.1. The molecule has 0 bridgehead atoms. The third-order valence-corrected chi connectivity index (χ3v) is 10.3. The van der Waals surface area contributed by atoms with Crippen LogP contribution in [0.2, 0.25) is 0 Å². The normalized spacial score (nSPS) is 12.4. The van der Waals surface area contributed by atoms with E-state index < -0.39 is 19.3 Å². The van der Waals surface area contributed by atoms with Crippen LogP contribution in [-0.2, 0) is 4.79 Å². The van der Waals surface area contributed by atoms with Crippen molar-refractivity contribution in [3.63, 3.8) is 0 Å². The van der Waals surface area contributed by atoms with Crippen LogP contribution in [0.4, 0.5) is 0 Å². The zero-order valence-corrected chi connectivity index (χ0v) is 19.7. The van der Waals surface area contributed by atoms with Crippen LogP contribution in [0.3, 0.4) is 0 Å². The fourth-order valence-corrected chi connectivity index (χ4v) is 8.56. The molecular weight excluding hydrogens is 355 g/mol. The molecule has 4 N–H and O–H groups in total. The highest BCUT2D eigenvalue weighted by molar-refractivity contribution is 7.75. The van der Waals surface area contributed by atoms with Gasteiger partial charge >= 0.3 is 0 Å². The molecule has 27 heavy (non-hydrogen) atoms. The lowest BCUT2D eigenvalue weighted by Gasteiger charge is -2.28. The maximum atomic E-state index is 10.0. The number of carbonyl (C=O) groups is 1. The first-order valence-electron chi connectivity index (χ1n) is 11.4. The average molecular weight is 405 g/mol. The maximum absolute atomic E-state index is 10.0. The lowest BCUT2D eigenvalue weighted by molar-refractivity contribution is -0.307. The number of carbonyl (C=O) groups excluding carboxylic acids is 1. The van der Waals surface area contributed by atoms with Gasteiger partial charge in [-0.25, -0.2) is 0 Å². The third-order valence-electron chi connectivity index (χ3n) is 5.22. The number of rotatable bonds is 17. The number of carboxylic acids is 1. The summed E-state index contributed by atoms with van der Waals surface area (Å²) in [4.78, 5) is 10.0. The molecule has 0 aromatic carbocycles. The summed E-state index contributed by atoms with van der Waals surface area (Å²) in [5.74, 6) is -1.18. The summed E-state index contributed by atoms with van der Waals surface area (Å²) in [6, 6.07) is -0.827. The molecule has 1 atom stereocenters. The van der Waals surface area contributed by atoms with Crippen molar-refractivity contribution in [2.75, 3.05) is 31.2 Å². The summed E-state index contributed by atoms with van der Waals surface area (Å²) >= 11 is 0. The molecular formula is C22H49N2O2P. The van der Waals surface area contributed by atoms with E-state index in [1.807, 2.05) is 0 Å². The standard InChI is InChI=1S/C16H36P.C6H14N2O2/c1-5-9-13-17(14-10-6-2,15-11-7-3)16-12-8-4;7-4-2-1-3-5(8)6(9)10/h5-16H2,1-4H3;5H,1-4,7-8H2,(H,9,10)/q+1;/p-1/t;5-/m.0/s1. The van der Waals surface area contributed by atoms with Gasteiger partial charge in [0.25, 0.3) is 0 Å². The van der Waals surface area contributed by atoms with Gasteiger partial charge in [0.2, 0.25) is 0 Å². The second-order valence-electron chi connectivity index (χ2n) is 7.86. The van der Waals surface area contributed by atoms with Gasteiger partial charge in [0, 0.05) is 13.3 Å². The monoisotopic (exact) mass is 404 g/mol. The number of aliphatic carboxylic acids is 1. The van der Waals surface area contributed by atoms with Crippen molar-refractivity contribution < 1.29 is 9.90 Å². The average Bonchev–Trinajstić information content (AvgIpc) is 2.67. The summed E-state index contributed by atoms with van der Waals surface area (Å²) in [5, 5.41) is 10.0. The molecule has 0 saturated carbocycles. The topological polar surface area (TPSA) is 92.2 Å². The molecule has 0 rings (SSSR count). The highest BCUT2D eigenvalue weighted by Gasteiger charge is 2.34. The zero-order valence-electron chi connectivity index (χ0n) is 18.8. The Morgan fingerprint density at radius 3 is 1.41 bits per heavy atom. The first-order chi connectivity index (χ1) is 12.9. The van der Waals surface area contributed by atoms with Crippen LogP contribution in [-0.4, -0.2) is 43.2 Å². The highest BCUT2D eigenvalue weighted by Crippen LogP contribution is 2.61. The summed E-state index contributed by atoms with van der Waals surface area (Å²) in [6.45, 7) is 10.0. The summed E-state index contributed by atoms with van der Waals surface area (Å²) in [5.41, 5.74) is 10.3. The molecule has 0 aliphatic carbocycles. The molecule has 4 nitrogen and oxygen atoms in total. The lowest BCUT2D eigenvalue weighted by atomic mass is 10.1. The van der Waals surface area contributed by atoms with E-state index in [0.29, 0.717) is 13.0 Å². The first kappa shape index (κ1) is 29.0. The largest absolute Gasteiger partial charge is 0.548 e. The smallest absolute Gasteiger partial charge is 0.0594 e. The fourth-order valence-electron chi connectivity index (χ4n) is 3.27. The molecule has 0 aromatic rings. The molecule has 164 valence electrons. The van der Waals surface area contributed by atoms with Crippen molar-refractivity contribution in [2.45, 2.75) is 104 Å². The van der Waals surface area contributed by atoms with Gasteiger partial charge in [-0.2, -0.15) is 0 Å². The molecule has 0 unspecified atom stereocenters. The molecule has 0 saturated heterocycles. The van der Waals surface area contributed by atoms with Gasteiger partial charge in [-0.15, -0.1) is 0 Å². The number of hydrogen-bond donors (Lipinski definition) is 2. The van der Waals surface area contributed by atoms with E-state index in [0.717, 1.165) is 12.8 Å². The fraction of sp³-hybridized carbons (Fsp3) is 0.955. The lowest BCUT2D eigenvalue weighted by Crippen LogP contribution is -2.41. The Labute approximate surface area is 170 Å². The second-order valence-corrected chi connectivity index (χ2v) is 12.3. The van der Waals surface area contributed by atoms with E-state index in [-0.39, 0.29) is 0 Å². The Balaban J connectivity index is 0. The molecule has 0 amide bonds. The van der Waals surface area contributed by atoms with Crippen LogP contribution in [0, 0.1) is 0 Å². The molecule has 0 aliphatic heterocycles. The van der Waals surface area contributed by atoms with Crippen LogP contribution in [0.15, 0.2) is 0 Å². The number of nitrogens with two attached hydrogens (primary N) is 2. The maximum Gasteiger partial charge on any atom is 0.0594 e. The summed E-state index contributed by atoms with van der Waals surface area (Å²) < 4.78 is 0. The van der Waals surface area contributed by atoms with Crippen LogP contribution in [0.5, 0.6) is 0 Å². The molecule has 5 heteroatoms. The highest BCUT2D eigenvalue weighted by atomic mass is 31.2. The van der Waals surface area contributed by atoms with E-state index >= 15 is 0 Å². The summed E-state index contributed by atoms with van der Waals surface area (Å²) in [6.07, 6.45) is 20.0. The number of hydrogen-bond acceptors (Lipinski definition) is 4. The first-order valence-corrected chi connectivity index (χ1v) is 14.0. The van der Waals surface area contributed by atoms with Crippen molar-refractivity contribution in [2.24, 2.45) is 11.5 Å². The van der Waals surface area contributed by atoms with Crippen molar-refractivity contribution in [3.05, 3.63) is 0 Å². The van der Waals surface area contributed by atoms with E-state index in [9.17, 15) is 9.90 Å². The van der Waals surface area contributed by atoms with Gasteiger partial charge < -0.3 is 21.4 Å². The van der Waals surface area contributed by atoms with Crippen molar-refractivity contribution in [1.82, 2.24) is 0 Å². The third kappa shape index (κ3) is 17.6. The van der Waals surface area contributed by atoms with E-state index in [1.165, 1.54) is 51.4 Å². The van der Waals surface area contributed by atoms with Crippen LogP contribution in [0.25, 0.3) is 0 Å². The zero-order chi connectivity index (χ0) is 21.0. The Morgan fingerprint density at radius 2 is 1.15 bits per heavy atom. The van der Waals surface area contributed by atoms with Gasteiger partial charge in [-0.1, -0.05) is 59.8 Å². The molecule has 0 heterocycles. The van der Waals surface area contributed by atoms with Gasteiger partial charge in [0.1, 0.15) is 0 Å². The van der Waals surface area contributed by atoms with Crippen molar-refractivity contribution >= 4 is 13.2 Å². The minimum absolute atomic E-state index is 0.458. The molecule has 0 spiro atoms. The molecule has 0 aromatic heterocycles. The van der Waals surface area contributed by atoms with E-state index in [1.54, 1.807) is 24.6 Å². The minimum Gasteiger partial charge on any atom is -0.548 e. The molecule has 0 aliphatic rings. The van der Waals surface area contributed by atoms with Crippen molar-refractivity contribution in [1.29, 1.82) is 0 Å². The van der Waals surface area contributed by atoms with Gasteiger partial charge in [-0.3, -0.25) is 0 Å². The second kappa shape index (κ2) is 20.6. The van der Waals surface area contributed by atoms with Crippen LogP contribution >= 0.6 is 7.26 Å². The van der Waals surface area contributed by atoms with Crippen LogP contribution in [0.1, 0.15) is 98.3 Å². The van der Waals surface area contributed by atoms with Gasteiger partial charge in [0.05, 0.1) is 30.6 Å². The predicted molar refractivity (Wildman–Crippen MR) is 122 cm³/mol. The Morgan fingerprint density at radius 1 is 0.778 bits per heavy atom. The van der Waals surface area contributed by atoms with E-state index in [2.05, 4.69) is 27.7 Å². The number of carboxylic acid groups (broad SMARTS) is 1. The Hall–Kier alpha value is -0.180. The quantitative estimate of drug-likeness (QED) is 0.278. The number of unbranched alkanes of at least 4 members (excludes halogenated alkanes) is 5. The SMILES string of the molecule is CCCC[P+](CCCC)(CCCC)CCCC.NCCCC[C@H](N)C(=O)[O-]. The van der Waals surface area contributed by atoms with Crippen molar-refractivity contribution in [3.8, 4) is 0 Å².